The fourth-order valence-corrected chi connectivity index (χ4v) is 2.64. The van der Waals surface area contributed by atoms with E-state index in [0.29, 0.717) is 6.54 Å². The van der Waals surface area contributed by atoms with Crippen LogP contribution < -0.4 is 9.80 Å². The van der Waals surface area contributed by atoms with Crippen LogP contribution >= 0.6 is 11.6 Å². The first-order valence-electron chi connectivity index (χ1n) is 6.06. The van der Waals surface area contributed by atoms with Crippen LogP contribution in [0.25, 0.3) is 0 Å². The number of aliphatic carboxylic acids is 1. The summed E-state index contributed by atoms with van der Waals surface area (Å²) in [5.74, 6) is -0.767. The smallest absolute Gasteiger partial charge is 0.305 e. The molecule has 1 aromatic rings. The van der Waals surface area contributed by atoms with Crippen molar-refractivity contribution < 1.29 is 9.90 Å². The second kappa shape index (κ2) is 5.48. The first-order chi connectivity index (χ1) is 8.59. The van der Waals surface area contributed by atoms with Crippen LogP contribution in [0.2, 0.25) is 5.02 Å². The van der Waals surface area contributed by atoms with Crippen LogP contribution in [0.4, 0.5) is 11.4 Å². The Morgan fingerprint density at radius 3 is 2.94 bits per heavy atom. The number of para-hydroxylation sites is 1. The molecule has 2 rings (SSSR count). The van der Waals surface area contributed by atoms with Gasteiger partial charge in [-0.1, -0.05) is 17.7 Å². The lowest BCUT2D eigenvalue weighted by Crippen LogP contribution is -2.26. The quantitative estimate of drug-likeness (QED) is 0.915. The fraction of sp³-hybridized carbons (Fsp3) is 0.462. The lowest BCUT2D eigenvalue weighted by molar-refractivity contribution is -0.136. The maximum Gasteiger partial charge on any atom is 0.305 e. The molecule has 1 aliphatic rings. The van der Waals surface area contributed by atoms with E-state index in [1.807, 2.05) is 25.2 Å². The number of nitrogens with zero attached hydrogens (tertiary/aromatic N) is 2. The zero-order valence-electron chi connectivity index (χ0n) is 10.4. The highest BCUT2D eigenvalue weighted by Crippen LogP contribution is 2.37. The first-order valence-corrected chi connectivity index (χ1v) is 6.44. The molecule has 0 bridgehead atoms. The number of hydrogen-bond acceptors (Lipinski definition) is 3. The van der Waals surface area contributed by atoms with Crippen molar-refractivity contribution in [2.24, 2.45) is 0 Å². The number of halogens is 1. The Bertz CT molecular complexity index is 451. The minimum atomic E-state index is -0.767. The molecule has 0 saturated heterocycles. The summed E-state index contributed by atoms with van der Waals surface area (Å²) in [4.78, 5) is 15.0. The SMILES string of the molecule is CN1CCCN(CCC(=O)O)c2cccc(Cl)c21. The van der Waals surface area contributed by atoms with Gasteiger partial charge in [-0.05, 0) is 18.6 Å². The zero-order valence-corrected chi connectivity index (χ0v) is 11.2. The number of hydrogen-bond donors (Lipinski definition) is 1. The summed E-state index contributed by atoms with van der Waals surface area (Å²) in [6.45, 7) is 2.32. The number of benzene rings is 1. The van der Waals surface area contributed by atoms with Gasteiger partial charge < -0.3 is 14.9 Å². The average molecular weight is 269 g/mol. The second-order valence-corrected chi connectivity index (χ2v) is 4.92. The molecule has 0 fully saturated rings. The number of carboxylic acid groups (broad SMARTS) is 1. The van der Waals surface area contributed by atoms with Crippen molar-refractivity contribution in [3.05, 3.63) is 23.2 Å². The van der Waals surface area contributed by atoms with Crippen molar-refractivity contribution >= 4 is 28.9 Å². The van der Waals surface area contributed by atoms with Gasteiger partial charge in [-0.25, -0.2) is 0 Å². The third-order valence-corrected chi connectivity index (χ3v) is 3.51. The number of carbonyl (C=O) groups is 1. The molecule has 1 aliphatic heterocycles. The minimum absolute atomic E-state index is 0.148. The lowest BCUT2D eigenvalue weighted by Gasteiger charge is -2.26. The predicted octanol–water partition coefficient (Wildman–Crippen LogP) is 2.46. The van der Waals surface area contributed by atoms with E-state index in [-0.39, 0.29) is 6.42 Å². The molecule has 4 nitrogen and oxygen atoms in total. The molecule has 18 heavy (non-hydrogen) atoms. The van der Waals surface area contributed by atoms with Gasteiger partial charge in [0, 0.05) is 26.7 Å². The average Bonchev–Trinajstić information content (AvgIpc) is 2.47. The van der Waals surface area contributed by atoms with Gasteiger partial charge in [0.05, 0.1) is 22.8 Å². The van der Waals surface area contributed by atoms with Crippen LogP contribution in [0, 0.1) is 0 Å². The van der Waals surface area contributed by atoms with Crippen LogP contribution in [0.5, 0.6) is 0 Å². The van der Waals surface area contributed by atoms with Gasteiger partial charge in [0.2, 0.25) is 0 Å². The molecule has 1 aromatic carbocycles. The third-order valence-electron chi connectivity index (χ3n) is 3.21. The van der Waals surface area contributed by atoms with Gasteiger partial charge in [0.15, 0.2) is 0 Å². The summed E-state index contributed by atoms with van der Waals surface area (Å²) in [7, 11) is 2.02. The van der Waals surface area contributed by atoms with E-state index in [1.165, 1.54) is 0 Å². The van der Waals surface area contributed by atoms with E-state index in [1.54, 1.807) is 0 Å². The largest absolute Gasteiger partial charge is 0.481 e. The number of rotatable bonds is 3. The van der Waals surface area contributed by atoms with Gasteiger partial charge in [-0.15, -0.1) is 0 Å². The van der Waals surface area contributed by atoms with Gasteiger partial charge in [-0.2, -0.15) is 0 Å². The Labute approximate surface area is 112 Å². The molecule has 0 amide bonds. The van der Waals surface area contributed by atoms with Crippen molar-refractivity contribution in [3.63, 3.8) is 0 Å². The normalized spacial score (nSPS) is 15.2. The molecule has 0 aromatic heterocycles. The molecule has 1 heterocycles. The molecular formula is C13H17ClN2O2. The zero-order chi connectivity index (χ0) is 13.1. The van der Waals surface area contributed by atoms with E-state index in [0.717, 1.165) is 35.9 Å². The van der Waals surface area contributed by atoms with Crippen LogP contribution in [0.1, 0.15) is 12.8 Å². The number of anilines is 2. The van der Waals surface area contributed by atoms with Crippen molar-refractivity contribution in [1.29, 1.82) is 0 Å². The van der Waals surface area contributed by atoms with Crippen LogP contribution in [0.3, 0.4) is 0 Å². The van der Waals surface area contributed by atoms with E-state index >= 15 is 0 Å². The number of carboxylic acids is 1. The second-order valence-electron chi connectivity index (χ2n) is 4.51. The highest BCUT2D eigenvalue weighted by atomic mass is 35.5. The molecular weight excluding hydrogens is 252 g/mol. The standard InChI is InChI=1S/C13H17ClN2O2/c1-15-7-3-8-16(9-6-12(17)18)11-5-2-4-10(14)13(11)15/h2,4-5H,3,6-9H2,1H3,(H,17,18). The van der Waals surface area contributed by atoms with Gasteiger partial charge in [0.1, 0.15) is 0 Å². The molecule has 98 valence electrons. The Balaban J connectivity index is 2.31. The van der Waals surface area contributed by atoms with E-state index in [9.17, 15) is 4.79 Å². The predicted molar refractivity (Wildman–Crippen MR) is 73.8 cm³/mol. The maximum absolute atomic E-state index is 10.7. The summed E-state index contributed by atoms with van der Waals surface area (Å²) in [6, 6.07) is 5.79. The highest BCUT2D eigenvalue weighted by Gasteiger charge is 2.20. The molecule has 0 spiro atoms. The Morgan fingerprint density at radius 2 is 2.22 bits per heavy atom. The summed E-state index contributed by atoms with van der Waals surface area (Å²) in [5.41, 5.74) is 2.03. The third kappa shape index (κ3) is 2.70. The molecule has 0 atom stereocenters. The molecule has 0 aliphatic carbocycles. The highest BCUT2D eigenvalue weighted by molar-refractivity contribution is 6.34. The van der Waals surface area contributed by atoms with Gasteiger partial charge in [0.25, 0.3) is 0 Å². The van der Waals surface area contributed by atoms with E-state index in [2.05, 4.69) is 9.80 Å². The Morgan fingerprint density at radius 1 is 1.44 bits per heavy atom. The molecule has 5 heteroatoms. The molecule has 0 saturated carbocycles. The summed E-state index contributed by atoms with van der Waals surface area (Å²) < 4.78 is 0. The van der Waals surface area contributed by atoms with E-state index in [4.69, 9.17) is 16.7 Å². The van der Waals surface area contributed by atoms with Crippen LogP contribution in [-0.2, 0) is 4.79 Å². The van der Waals surface area contributed by atoms with Crippen molar-refractivity contribution in [2.45, 2.75) is 12.8 Å². The fourth-order valence-electron chi connectivity index (χ4n) is 2.33. The first kappa shape index (κ1) is 13.0. The van der Waals surface area contributed by atoms with E-state index < -0.39 is 5.97 Å². The monoisotopic (exact) mass is 268 g/mol. The van der Waals surface area contributed by atoms with Crippen LogP contribution in [-0.4, -0.2) is 37.8 Å². The van der Waals surface area contributed by atoms with Crippen LogP contribution in [0.15, 0.2) is 18.2 Å². The van der Waals surface area contributed by atoms with Crippen molar-refractivity contribution in [2.75, 3.05) is 36.5 Å². The molecule has 0 radical (unpaired) electrons. The Hall–Kier alpha value is -1.42. The number of fused-ring (bicyclic) bond motifs is 1. The minimum Gasteiger partial charge on any atom is -0.481 e. The summed E-state index contributed by atoms with van der Waals surface area (Å²) >= 11 is 6.25. The van der Waals surface area contributed by atoms with Gasteiger partial charge >= 0.3 is 5.97 Å². The lowest BCUT2D eigenvalue weighted by atomic mass is 10.2. The van der Waals surface area contributed by atoms with Crippen molar-refractivity contribution in [3.8, 4) is 0 Å². The molecule has 0 unspecified atom stereocenters. The summed E-state index contributed by atoms with van der Waals surface area (Å²) in [5, 5.41) is 9.53. The van der Waals surface area contributed by atoms with Crippen molar-refractivity contribution in [1.82, 2.24) is 0 Å². The topological polar surface area (TPSA) is 43.8 Å². The van der Waals surface area contributed by atoms with Gasteiger partial charge in [-0.3, -0.25) is 4.79 Å². The maximum atomic E-state index is 10.7. The molecule has 1 N–H and O–H groups in total. The Kier molecular flexibility index (Phi) is 3.97. The summed E-state index contributed by atoms with van der Waals surface area (Å²) in [6.07, 6.45) is 1.15.